The number of aromatic nitrogens is 3. The van der Waals surface area contributed by atoms with Crippen molar-refractivity contribution in [1.29, 1.82) is 0 Å². The highest BCUT2D eigenvalue weighted by Gasteiger charge is 2.31. The maximum atomic E-state index is 6.00. The van der Waals surface area contributed by atoms with Crippen molar-refractivity contribution in [2.75, 3.05) is 26.9 Å². The molecule has 0 saturated carbocycles. The lowest BCUT2D eigenvalue weighted by Crippen LogP contribution is -2.23. The van der Waals surface area contributed by atoms with Crippen molar-refractivity contribution in [3.63, 3.8) is 0 Å². The quantitative estimate of drug-likeness (QED) is 0.512. The number of benzene rings is 1. The number of halogens is 1. The molecule has 4 rings (SSSR count). The van der Waals surface area contributed by atoms with Crippen LogP contribution in [-0.2, 0) is 11.3 Å². The Morgan fingerprint density at radius 3 is 2.90 bits per heavy atom. The molecular weight excluding hydrogens is 392 g/mol. The fourth-order valence-corrected chi connectivity index (χ4v) is 3.62. The summed E-state index contributed by atoms with van der Waals surface area (Å²) >= 11 is 6.00. The molecule has 152 valence electrons. The Morgan fingerprint density at radius 1 is 1.21 bits per heavy atom. The maximum Gasteiger partial charge on any atom is 0.244 e. The highest BCUT2D eigenvalue weighted by Crippen LogP contribution is 2.34. The van der Waals surface area contributed by atoms with Gasteiger partial charge in [0.25, 0.3) is 0 Å². The topological polar surface area (TPSA) is 73.5 Å². The van der Waals surface area contributed by atoms with Gasteiger partial charge in [-0.25, -0.2) is 4.98 Å². The van der Waals surface area contributed by atoms with E-state index in [0.29, 0.717) is 36.4 Å². The fourth-order valence-electron chi connectivity index (χ4n) is 3.50. The third kappa shape index (κ3) is 4.75. The van der Waals surface area contributed by atoms with Crippen LogP contribution in [0.5, 0.6) is 5.88 Å². The molecule has 1 saturated heterocycles. The smallest absolute Gasteiger partial charge is 0.244 e. The van der Waals surface area contributed by atoms with Gasteiger partial charge in [-0.2, -0.15) is 4.98 Å². The Hall–Kier alpha value is -2.48. The summed E-state index contributed by atoms with van der Waals surface area (Å²) < 4.78 is 16.4. The Kier molecular flexibility index (Phi) is 6.39. The van der Waals surface area contributed by atoms with Gasteiger partial charge in [0.15, 0.2) is 0 Å². The van der Waals surface area contributed by atoms with E-state index in [1.54, 1.807) is 13.3 Å². The number of ether oxygens (including phenoxy) is 2. The first-order valence-electron chi connectivity index (χ1n) is 9.64. The van der Waals surface area contributed by atoms with Crippen molar-refractivity contribution in [3.8, 4) is 17.3 Å². The predicted octanol–water partition coefficient (Wildman–Crippen LogP) is 4.15. The minimum Gasteiger partial charge on any atom is -0.475 e. The lowest BCUT2D eigenvalue weighted by molar-refractivity contribution is 0.144. The van der Waals surface area contributed by atoms with E-state index in [-0.39, 0.29) is 6.04 Å². The molecule has 8 heteroatoms. The van der Waals surface area contributed by atoms with Crippen molar-refractivity contribution in [2.45, 2.75) is 25.4 Å². The second kappa shape index (κ2) is 9.35. The zero-order valence-electron chi connectivity index (χ0n) is 16.3. The van der Waals surface area contributed by atoms with Gasteiger partial charge in [0.1, 0.15) is 6.61 Å². The number of likely N-dealkylation sites (tertiary alicyclic amines) is 1. The van der Waals surface area contributed by atoms with Gasteiger partial charge in [0.05, 0.1) is 18.2 Å². The van der Waals surface area contributed by atoms with Gasteiger partial charge < -0.3 is 14.0 Å². The third-order valence-electron chi connectivity index (χ3n) is 4.93. The first-order chi connectivity index (χ1) is 14.2. The first kappa shape index (κ1) is 19.8. The Labute approximate surface area is 174 Å². The molecule has 0 spiro atoms. The van der Waals surface area contributed by atoms with Gasteiger partial charge in [-0.3, -0.25) is 4.90 Å². The molecule has 3 heterocycles. The molecule has 0 bridgehead atoms. The molecule has 7 nitrogen and oxygen atoms in total. The molecule has 1 aromatic carbocycles. The SMILES string of the molecule is COCCOc1ncccc1-c1noc([C@@H]2CCCN2Cc2ccc(Cl)cc2)n1. The number of hydrogen-bond donors (Lipinski definition) is 0. The van der Waals surface area contributed by atoms with Crippen LogP contribution < -0.4 is 4.74 Å². The van der Waals surface area contributed by atoms with Gasteiger partial charge in [0.2, 0.25) is 17.6 Å². The number of rotatable bonds is 8. The fraction of sp³-hybridized carbons (Fsp3) is 0.381. The minimum absolute atomic E-state index is 0.0986. The van der Waals surface area contributed by atoms with E-state index in [4.69, 9.17) is 25.6 Å². The summed E-state index contributed by atoms with van der Waals surface area (Å²) in [7, 11) is 1.63. The van der Waals surface area contributed by atoms with Crippen molar-refractivity contribution in [3.05, 3.63) is 59.1 Å². The normalized spacial score (nSPS) is 17.0. The minimum atomic E-state index is 0.0986. The third-order valence-corrected chi connectivity index (χ3v) is 5.18. The van der Waals surface area contributed by atoms with Crippen LogP contribution in [0.15, 0.2) is 47.1 Å². The molecule has 1 aliphatic heterocycles. The number of hydrogen-bond acceptors (Lipinski definition) is 7. The van der Waals surface area contributed by atoms with Crippen LogP contribution in [0.25, 0.3) is 11.4 Å². The van der Waals surface area contributed by atoms with Crippen LogP contribution in [0.4, 0.5) is 0 Å². The van der Waals surface area contributed by atoms with Crippen molar-refractivity contribution in [1.82, 2.24) is 20.0 Å². The van der Waals surface area contributed by atoms with Crippen LogP contribution >= 0.6 is 11.6 Å². The largest absolute Gasteiger partial charge is 0.475 e. The Morgan fingerprint density at radius 2 is 2.07 bits per heavy atom. The van der Waals surface area contributed by atoms with Crippen LogP contribution in [-0.4, -0.2) is 46.9 Å². The van der Waals surface area contributed by atoms with E-state index >= 15 is 0 Å². The maximum absolute atomic E-state index is 6.00. The first-order valence-corrected chi connectivity index (χ1v) is 10.0. The summed E-state index contributed by atoms with van der Waals surface area (Å²) in [6.45, 7) is 2.69. The highest BCUT2D eigenvalue weighted by molar-refractivity contribution is 6.30. The molecule has 0 amide bonds. The van der Waals surface area contributed by atoms with Crippen molar-refractivity contribution < 1.29 is 14.0 Å². The zero-order chi connectivity index (χ0) is 20.1. The van der Waals surface area contributed by atoms with Crippen molar-refractivity contribution >= 4 is 11.6 Å². The standard InChI is InChI=1S/C21H23ClN4O3/c1-27-12-13-28-20-17(4-2-10-23-20)19-24-21(29-25-19)18-5-3-11-26(18)14-15-6-8-16(22)9-7-15/h2,4,6-10,18H,3,5,11-14H2,1H3/t18-/m0/s1. The summed E-state index contributed by atoms with van der Waals surface area (Å²) in [5, 5.41) is 4.94. The Balaban J connectivity index is 1.50. The van der Waals surface area contributed by atoms with E-state index in [2.05, 4.69) is 32.2 Å². The van der Waals surface area contributed by atoms with Crippen LogP contribution in [0.1, 0.15) is 30.3 Å². The summed E-state index contributed by atoms with van der Waals surface area (Å²) in [6, 6.07) is 11.7. The molecule has 0 N–H and O–H groups in total. The lowest BCUT2D eigenvalue weighted by atomic mass is 10.2. The molecule has 1 fully saturated rings. The van der Waals surface area contributed by atoms with Gasteiger partial charge in [-0.1, -0.05) is 28.9 Å². The van der Waals surface area contributed by atoms with E-state index in [1.165, 1.54) is 5.56 Å². The molecule has 2 aromatic heterocycles. The van der Waals surface area contributed by atoms with E-state index in [0.717, 1.165) is 31.0 Å². The van der Waals surface area contributed by atoms with Gasteiger partial charge in [-0.05, 0) is 49.2 Å². The average molecular weight is 415 g/mol. The molecular formula is C21H23ClN4O3. The lowest BCUT2D eigenvalue weighted by Gasteiger charge is -2.21. The predicted molar refractivity (Wildman–Crippen MR) is 109 cm³/mol. The zero-order valence-corrected chi connectivity index (χ0v) is 17.0. The second-order valence-electron chi connectivity index (χ2n) is 6.91. The number of pyridine rings is 1. The van der Waals surface area contributed by atoms with E-state index in [9.17, 15) is 0 Å². The molecule has 1 aliphatic rings. The van der Waals surface area contributed by atoms with Gasteiger partial charge >= 0.3 is 0 Å². The number of nitrogens with zero attached hydrogens (tertiary/aromatic N) is 4. The number of methoxy groups -OCH3 is 1. The summed E-state index contributed by atoms with van der Waals surface area (Å²) in [6.07, 6.45) is 3.76. The molecule has 29 heavy (non-hydrogen) atoms. The van der Waals surface area contributed by atoms with Gasteiger partial charge in [0, 0.05) is 24.9 Å². The van der Waals surface area contributed by atoms with Crippen LogP contribution in [0.3, 0.4) is 0 Å². The Bertz CT molecular complexity index is 932. The van der Waals surface area contributed by atoms with Gasteiger partial charge in [-0.15, -0.1) is 0 Å². The molecule has 1 atom stereocenters. The monoisotopic (exact) mass is 414 g/mol. The van der Waals surface area contributed by atoms with Crippen LogP contribution in [0.2, 0.25) is 5.02 Å². The van der Waals surface area contributed by atoms with Crippen LogP contribution in [0, 0.1) is 0 Å². The van der Waals surface area contributed by atoms with Crippen molar-refractivity contribution in [2.24, 2.45) is 0 Å². The summed E-state index contributed by atoms with van der Waals surface area (Å²) in [4.78, 5) is 11.3. The second-order valence-corrected chi connectivity index (χ2v) is 7.35. The van der Waals surface area contributed by atoms with E-state index in [1.807, 2.05) is 24.3 Å². The summed E-state index contributed by atoms with van der Waals surface area (Å²) in [5.41, 5.74) is 1.92. The molecule has 3 aromatic rings. The molecule has 0 aliphatic carbocycles. The highest BCUT2D eigenvalue weighted by atomic mass is 35.5. The average Bonchev–Trinajstić information content (AvgIpc) is 3.40. The van der Waals surface area contributed by atoms with E-state index < -0.39 is 0 Å². The molecule has 0 radical (unpaired) electrons. The summed E-state index contributed by atoms with van der Waals surface area (Å²) in [5.74, 6) is 1.58. The molecule has 0 unspecified atom stereocenters.